The van der Waals surface area contributed by atoms with Crippen molar-refractivity contribution in [3.8, 4) is 17.2 Å². The molecular weight excluding hydrogens is 324 g/mol. The third-order valence-electron chi connectivity index (χ3n) is 4.39. The third kappa shape index (κ3) is 1.96. The molecule has 2 aliphatic rings. The molecule has 0 radical (unpaired) electrons. The molecule has 118 valence electrons. The molecule has 0 spiro atoms. The van der Waals surface area contributed by atoms with Gasteiger partial charge in [-0.25, -0.2) is 0 Å². The Morgan fingerprint density at radius 1 is 1.00 bits per heavy atom. The van der Waals surface area contributed by atoms with Gasteiger partial charge in [0.15, 0.2) is 11.5 Å². The molecule has 5 rings (SSSR count). The fourth-order valence-corrected chi connectivity index (χ4v) is 3.46. The molecule has 2 aromatic carbocycles. The van der Waals surface area contributed by atoms with Crippen LogP contribution < -0.4 is 9.47 Å². The predicted octanol–water partition coefficient (Wildman–Crippen LogP) is 4.21. The topological polar surface area (TPSA) is 35.8 Å². The summed E-state index contributed by atoms with van der Waals surface area (Å²) in [5.41, 5.74) is 5.07. The second kappa shape index (κ2) is 5.14. The number of aromatic nitrogens is 1. The molecule has 24 heavy (non-hydrogen) atoms. The summed E-state index contributed by atoms with van der Waals surface area (Å²) >= 11 is 6.40. The Morgan fingerprint density at radius 2 is 1.92 bits per heavy atom. The largest absolute Gasteiger partial charge is 0.454 e. The van der Waals surface area contributed by atoms with Crippen molar-refractivity contribution in [1.82, 2.24) is 4.57 Å². The standard InChI is InChI=1S/C19H13ClN2O2/c20-14-3-1-4-15-13(14)10-21-19(16-5-2-8-22(15)16)12-6-7-17-18(9-12)24-11-23-17/h1-9H,10-11H2. The van der Waals surface area contributed by atoms with Crippen LogP contribution in [0, 0.1) is 0 Å². The number of benzene rings is 2. The number of hydrogen-bond acceptors (Lipinski definition) is 3. The van der Waals surface area contributed by atoms with Gasteiger partial charge in [-0.3, -0.25) is 4.99 Å². The van der Waals surface area contributed by atoms with E-state index in [2.05, 4.69) is 16.7 Å². The Hall–Kier alpha value is -2.72. The minimum Gasteiger partial charge on any atom is -0.454 e. The van der Waals surface area contributed by atoms with Crippen LogP contribution in [0.3, 0.4) is 0 Å². The average Bonchev–Trinajstić information content (AvgIpc) is 3.22. The molecule has 0 fully saturated rings. The molecule has 4 nitrogen and oxygen atoms in total. The molecule has 0 unspecified atom stereocenters. The van der Waals surface area contributed by atoms with Gasteiger partial charge in [0.25, 0.3) is 0 Å². The lowest BCUT2D eigenvalue weighted by Crippen LogP contribution is -2.08. The number of nitrogens with zero attached hydrogens (tertiary/aromatic N) is 2. The number of halogens is 1. The molecule has 0 saturated heterocycles. The van der Waals surface area contributed by atoms with Crippen molar-refractivity contribution in [1.29, 1.82) is 0 Å². The van der Waals surface area contributed by atoms with E-state index in [-0.39, 0.29) is 6.79 Å². The van der Waals surface area contributed by atoms with Crippen molar-refractivity contribution >= 4 is 17.3 Å². The number of rotatable bonds is 1. The van der Waals surface area contributed by atoms with Crippen molar-refractivity contribution in [2.24, 2.45) is 4.99 Å². The number of aliphatic imine (C=N–C) groups is 1. The Labute approximate surface area is 143 Å². The second-order valence-electron chi connectivity index (χ2n) is 5.73. The monoisotopic (exact) mass is 336 g/mol. The normalized spacial score (nSPS) is 14.6. The molecule has 0 bridgehead atoms. The van der Waals surface area contributed by atoms with Crippen molar-refractivity contribution in [3.63, 3.8) is 0 Å². The molecular formula is C19H13ClN2O2. The molecule has 3 aromatic rings. The maximum Gasteiger partial charge on any atom is 0.231 e. The van der Waals surface area contributed by atoms with Crippen LogP contribution in [0.4, 0.5) is 0 Å². The highest BCUT2D eigenvalue weighted by molar-refractivity contribution is 6.31. The zero-order chi connectivity index (χ0) is 16.1. The summed E-state index contributed by atoms with van der Waals surface area (Å²) in [5, 5.41) is 0.739. The van der Waals surface area contributed by atoms with Crippen LogP contribution in [0.1, 0.15) is 16.8 Å². The smallest absolute Gasteiger partial charge is 0.231 e. The third-order valence-corrected chi connectivity index (χ3v) is 4.74. The lowest BCUT2D eigenvalue weighted by Gasteiger charge is -2.11. The van der Waals surface area contributed by atoms with E-state index in [1.807, 2.05) is 42.6 Å². The van der Waals surface area contributed by atoms with Gasteiger partial charge in [-0.15, -0.1) is 0 Å². The van der Waals surface area contributed by atoms with E-state index < -0.39 is 0 Å². The molecule has 0 atom stereocenters. The first-order valence-electron chi connectivity index (χ1n) is 7.71. The van der Waals surface area contributed by atoms with Crippen LogP contribution in [-0.4, -0.2) is 17.1 Å². The highest BCUT2D eigenvalue weighted by atomic mass is 35.5. The van der Waals surface area contributed by atoms with Crippen molar-refractivity contribution in [2.75, 3.05) is 6.79 Å². The van der Waals surface area contributed by atoms with E-state index in [4.69, 9.17) is 26.1 Å². The maximum atomic E-state index is 6.40. The van der Waals surface area contributed by atoms with Crippen LogP contribution in [0.25, 0.3) is 5.69 Å². The van der Waals surface area contributed by atoms with Crippen LogP contribution in [-0.2, 0) is 6.54 Å². The first-order chi connectivity index (χ1) is 11.8. The van der Waals surface area contributed by atoms with E-state index in [0.717, 1.165) is 44.7 Å². The molecule has 0 aliphatic carbocycles. The lowest BCUT2D eigenvalue weighted by atomic mass is 10.1. The van der Waals surface area contributed by atoms with Crippen LogP contribution in [0.2, 0.25) is 5.02 Å². The summed E-state index contributed by atoms with van der Waals surface area (Å²) in [6.45, 7) is 0.809. The van der Waals surface area contributed by atoms with E-state index in [9.17, 15) is 0 Å². The van der Waals surface area contributed by atoms with E-state index in [0.29, 0.717) is 6.54 Å². The van der Waals surface area contributed by atoms with Gasteiger partial charge < -0.3 is 14.0 Å². The Morgan fingerprint density at radius 3 is 2.88 bits per heavy atom. The molecule has 0 N–H and O–H groups in total. The van der Waals surface area contributed by atoms with Crippen molar-refractivity contribution in [3.05, 3.63) is 76.6 Å². The van der Waals surface area contributed by atoms with Gasteiger partial charge >= 0.3 is 0 Å². The summed E-state index contributed by atoms with van der Waals surface area (Å²) in [7, 11) is 0. The van der Waals surface area contributed by atoms with Gasteiger partial charge in [0.2, 0.25) is 6.79 Å². The van der Waals surface area contributed by atoms with E-state index >= 15 is 0 Å². The quantitative estimate of drug-likeness (QED) is 0.667. The number of ether oxygens (including phenoxy) is 2. The molecule has 3 heterocycles. The van der Waals surface area contributed by atoms with Crippen LogP contribution in [0.15, 0.2) is 59.7 Å². The van der Waals surface area contributed by atoms with Crippen LogP contribution in [0.5, 0.6) is 11.5 Å². The summed E-state index contributed by atoms with van der Waals surface area (Å²) in [6.07, 6.45) is 2.04. The van der Waals surface area contributed by atoms with Gasteiger partial charge in [0, 0.05) is 22.3 Å². The molecule has 5 heteroatoms. The summed E-state index contributed by atoms with van der Waals surface area (Å²) in [4.78, 5) is 4.85. The molecule has 1 aromatic heterocycles. The summed E-state index contributed by atoms with van der Waals surface area (Å²) in [6, 6.07) is 16.0. The molecule has 0 saturated carbocycles. The van der Waals surface area contributed by atoms with Gasteiger partial charge in [-0.05, 0) is 42.5 Å². The maximum absolute atomic E-state index is 6.40. The Kier molecular flexibility index (Phi) is 2.94. The van der Waals surface area contributed by atoms with Gasteiger partial charge in [0.1, 0.15) is 0 Å². The molecule has 2 aliphatic heterocycles. The summed E-state index contributed by atoms with van der Waals surface area (Å²) in [5.74, 6) is 1.53. The van der Waals surface area contributed by atoms with Gasteiger partial charge in [-0.1, -0.05) is 17.7 Å². The van der Waals surface area contributed by atoms with Crippen LogP contribution >= 0.6 is 11.6 Å². The highest BCUT2D eigenvalue weighted by Crippen LogP contribution is 2.35. The summed E-state index contributed by atoms with van der Waals surface area (Å²) < 4.78 is 13.0. The zero-order valence-electron chi connectivity index (χ0n) is 12.7. The average molecular weight is 337 g/mol. The first-order valence-corrected chi connectivity index (χ1v) is 8.09. The number of fused-ring (bicyclic) bond motifs is 4. The predicted molar refractivity (Wildman–Crippen MR) is 92.7 cm³/mol. The minimum absolute atomic E-state index is 0.267. The highest BCUT2D eigenvalue weighted by Gasteiger charge is 2.21. The Balaban J connectivity index is 1.70. The van der Waals surface area contributed by atoms with E-state index in [1.54, 1.807) is 0 Å². The van der Waals surface area contributed by atoms with Crippen molar-refractivity contribution < 1.29 is 9.47 Å². The van der Waals surface area contributed by atoms with E-state index in [1.165, 1.54) is 0 Å². The second-order valence-corrected chi connectivity index (χ2v) is 6.14. The van der Waals surface area contributed by atoms with Crippen molar-refractivity contribution in [2.45, 2.75) is 6.54 Å². The Bertz CT molecular complexity index is 991. The lowest BCUT2D eigenvalue weighted by molar-refractivity contribution is 0.174. The SMILES string of the molecule is Clc1cccc2c1CN=C(c1ccc3c(c1)OCO3)c1cccn1-2. The first kappa shape index (κ1) is 13.7. The fourth-order valence-electron chi connectivity index (χ4n) is 3.24. The zero-order valence-corrected chi connectivity index (χ0v) is 13.5. The molecule has 0 amide bonds. The fraction of sp³-hybridized carbons (Fsp3) is 0.105. The van der Waals surface area contributed by atoms with Gasteiger partial charge in [0.05, 0.1) is 23.6 Å². The number of hydrogen-bond donors (Lipinski definition) is 0. The van der Waals surface area contributed by atoms with Gasteiger partial charge in [-0.2, -0.15) is 0 Å². The minimum atomic E-state index is 0.267.